The van der Waals surface area contributed by atoms with Gasteiger partial charge in [0.15, 0.2) is 0 Å². The topological polar surface area (TPSA) is 29.3 Å². The molecule has 94 valence electrons. The summed E-state index contributed by atoms with van der Waals surface area (Å²) in [5.74, 6) is 0. The molecule has 0 saturated heterocycles. The second kappa shape index (κ2) is 9.91. The van der Waals surface area contributed by atoms with Gasteiger partial charge in [-0.1, -0.05) is 38.1 Å². The van der Waals surface area contributed by atoms with Gasteiger partial charge in [-0.2, -0.15) is 0 Å². The van der Waals surface area contributed by atoms with Crippen LogP contribution in [0.2, 0.25) is 0 Å². The molecule has 0 heterocycles. The first-order valence-corrected chi connectivity index (χ1v) is 5.30. The summed E-state index contributed by atoms with van der Waals surface area (Å²) in [5.41, 5.74) is 8.18. The summed E-state index contributed by atoms with van der Waals surface area (Å²) in [4.78, 5) is 2.40. The van der Waals surface area contributed by atoms with Crippen LogP contribution in [0.5, 0.6) is 0 Å². The molecule has 1 rings (SSSR count). The van der Waals surface area contributed by atoms with Crippen molar-refractivity contribution in [2.24, 2.45) is 5.73 Å². The van der Waals surface area contributed by atoms with Crippen molar-refractivity contribution in [3.63, 3.8) is 0 Å². The number of benzene rings is 1. The summed E-state index contributed by atoms with van der Waals surface area (Å²) in [7, 11) is 0. The molecule has 2 nitrogen and oxygen atoms in total. The molecule has 1 aromatic carbocycles. The Balaban J connectivity index is 0. The summed E-state index contributed by atoms with van der Waals surface area (Å²) >= 11 is 0. The van der Waals surface area contributed by atoms with Gasteiger partial charge in [-0.05, 0) is 24.2 Å². The maximum Gasteiger partial charge on any atom is 0.0233 e. The summed E-state index contributed by atoms with van der Waals surface area (Å²) in [6, 6.07) is 8.52. The summed E-state index contributed by atoms with van der Waals surface area (Å²) in [6.45, 7) is 8.24. The van der Waals surface area contributed by atoms with Crippen molar-refractivity contribution in [1.29, 1.82) is 0 Å². The van der Waals surface area contributed by atoms with Crippen LogP contribution in [-0.2, 0) is 13.1 Å². The molecule has 0 fully saturated rings. The summed E-state index contributed by atoms with van der Waals surface area (Å²) < 4.78 is 0. The van der Waals surface area contributed by atoms with E-state index in [0.717, 1.165) is 19.6 Å². The first kappa shape index (κ1) is 18.1. The lowest BCUT2D eigenvalue weighted by molar-refractivity contribution is 0.296. The van der Waals surface area contributed by atoms with E-state index in [1.807, 2.05) is 0 Å². The molecule has 0 radical (unpaired) electrons. The van der Waals surface area contributed by atoms with Gasteiger partial charge >= 0.3 is 0 Å². The van der Waals surface area contributed by atoms with Crippen LogP contribution in [-0.4, -0.2) is 18.0 Å². The smallest absolute Gasteiger partial charge is 0.0233 e. The number of halogens is 2. The molecule has 0 bridgehead atoms. The number of hydrogen-bond donors (Lipinski definition) is 1. The van der Waals surface area contributed by atoms with E-state index in [0.29, 0.717) is 6.54 Å². The van der Waals surface area contributed by atoms with Crippen molar-refractivity contribution in [2.45, 2.75) is 26.9 Å². The molecule has 0 aliphatic heterocycles. The van der Waals surface area contributed by atoms with E-state index in [9.17, 15) is 0 Å². The zero-order valence-electron chi connectivity index (χ0n) is 9.98. The van der Waals surface area contributed by atoms with Gasteiger partial charge in [0.2, 0.25) is 0 Å². The van der Waals surface area contributed by atoms with Gasteiger partial charge in [0.05, 0.1) is 0 Å². The van der Waals surface area contributed by atoms with Crippen LogP contribution >= 0.6 is 24.8 Å². The molecule has 0 unspecified atom stereocenters. The van der Waals surface area contributed by atoms with Crippen LogP contribution in [0.1, 0.15) is 25.0 Å². The van der Waals surface area contributed by atoms with Crippen molar-refractivity contribution in [3.8, 4) is 0 Å². The zero-order valence-corrected chi connectivity index (χ0v) is 11.6. The highest BCUT2D eigenvalue weighted by atomic mass is 35.5. The molecular weight excluding hydrogens is 243 g/mol. The van der Waals surface area contributed by atoms with Gasteiger partial charge in [-0.3, -0.25) is 4.90 Å². The van der Waals surface area contributed by atoms with E-state index in [1.165, 1.54) is 11.1 Å². The highest BCUT2D eigenvalue weighted by Crippen LogP contribution is 2.07. The van der Waals surface area contributed by atoms with E-state index in [2.05, 4.69) is 43.0 Å². The Morgan fingerprint density at radius 3 is 2.12 bits per heavy atom. The first-order chi connectivity index (χ1) is 6.80. The van der Waals surface area contributed by atoms with Crippen molar-refractivity contribution in [2.75, 3.05) is 13.1 Å². The lowest BCUT2D eigenvalue weighted by atomic mass is 10.1. The Kier molecular flexibility index (Phi) is 11.2. The minimum atomic E-state index is 0. The molecule has 0 aliphatic carbocycles. The quantitative estimate of drug-likeness (QED) is 0.887. The second-order valence-electron chi connectivity index (χ2n) is 3.49. The maximum absolute atomic E-state index is 5.60. The number of nitrogens with zero attached hydrogens (tertiary/aromatic N) is 1. The zero-order chi connectivity index (χ0) is 10.4. The van der Waals surface area contributed by atoms with Gasteiger partial charge in [0.1, 0.15) is 0 Å². The minimum Gasteiger partial charge on any atom is -0.326 e. The molecule has 4 heteroatoms. The fraction of sp³-hybridized carbons (Fsp3) is 0.500. The maximum atomic E-state index is 5.60. The average Bonchev–Trinajstić information content (AvgIpc) is 2.26. The molecule has 0 aromatic heterocycles. The normalized spacial score (nSPS) is 9.50. The van der Waals surface area contributed by atoms with E-state index in [1.54, 1.807) is 0 Å². The fourth-order valence-electron chi connectivity index (χ4n) is 1.56. The van der Waals surface area contributed by atoms with E-state index in [-0.39, 0.29) is 24.8 Å². The molecule has 16 heavy (non-hydrogen) atoms. The van der Waals surface area contributed by atoms with Crippen LogP contribution in [0, 0.1) is 0 Å². The number of rotatable bonds is 5. The second-order valence-corrected chi connectivity index (χ2v) is 3.49. The van der Waals surface area contributed by atoms with E-state index < -0.39 is 0 Å². The summed E-state index contributed by atoms with van der Waals surface area (Å²) in [6.07, 6.45) is 0. The van der Waals surface area contributed by atoms with Crippen molar-refractivity contribution < 1.29 is 0 Å². The molecule has 0 saturated carbocycles. The molecule has 1 aromatic rings. The Morgan fingerprint density at radius 1 is 1.06 bits per heavy atom. The number of hydrogen-bond acceptors (Lipinski definition) is 2. The van der Waals surface area contributed by atoms with Gasteiger partial charge in [-0.25, -0.2) is 0 Å². The Bertz CT molecular complexity index is 275. The van der Waals surface area contributed by atoms with Crippen molar-refractivity contribution in [1.82, 2.24) is 4.90 Å². The first-order valence-electron chi connectivity index (χ1n) is 5.30. The Hall–Kier alpha value is -0.280. The Morgan fingerprint density at radius 2 is 1.62 bits per heavy atom. The van der Waals surface area contributed by atoms with Crippen LogP contribution in [0.25, 0.3) is 0 Å². The van der Waals surface area contributed by atoms with Crippen LogP contribution < -0.4 is 5.73 Å². The molecular formula is C12H22Cl2N2. The SMILES string of the molecule is CCN(CC)Cc1cccc(CN)c1.Cl.Cl. The third-order valence-electron chi connectivity index (χ3n) is 2.53. The lowest BCUT2D eigenvalue weighted by Crippen LogP contribution is -2.22. The van der Waals surface area contributed by atoms with Crippen LogP contribution in [0.3, 0.4) is 0 Å². The minimum absolute atomic E-state index is 0. The fourth-order valence-corrected chi connectivity index (χ4v) is 1.56. The van der Waals surface area contributed by atoms with Gasteiger partial charge in [0, 0.05) is 13.1 Å². The largest absolute Gasteiger partial charge is 0.326 e. The predicted octanol–water partition coefficient (Wildman–Crippen LogP) is 2.83. The molecule has 0 spiro atoms. The third-order valence-corrected chi connectivity index (χ3v) is 2.53. The van der Waals surface area contributed by atoms with E-state index in [4.69, 9.17) is 5.73 Å². The van der Waals surface area contributed by atoms with Crippen molar-refractivity contribution >= 4 is 24.8 Å². The molecule has 0 atom stereocenters. The monoisotopic (exact) mass is 264 g/mol. The molecule has 0 amide bonds. The van der Waals surface area contributed by atoms with Crippen LogP contribution in [0.4, 0.5) is 0 Å². The molecule has 0 aliphatic rings. The van der Waals surface area contributed by atoms with Gasteiger partial charge < -0.3 is 5.73 Å². The van der Waals surface area contributed by atoms with E-state index >= 15 is 0 Å². The average molecular weight is 265 g/mol. The summed E-state index contributed by atoms with van der Waals surface area (Å²) in [5, 5.41) is 0. The van der Waals surface area contributed by atoms with Gasteiger partial charge in [0.25, 0.3) is 0 Å². The number of nitrogens with two attached hydrogens (primary N) is 1. The highest BCUT2D eigenvalue weighted by molar-refractivity contribution is 5.85. The third kappa shape index (κ3) is 5.71. The van der Waals surface area contributed by atoms with Gasteiger partial charge in [-0.15, -0.1) is 24.8 Å². The molecule has 2 N–H and O–H groups in total. The highest BCUT2D eigenvalue weighted by Gasteiger charge is 2.00. The standard InChI is InChI=1S/C12H20N2.2ClH/c1-3-14(4-2)10-12-7-5-6-11(8-12)9-13;;/h5-8H,3-4,9-10,13H2,1-2H3;2*1H. The van der Waals surface area contributed by atoms with Crippen molar-refractivity contribution in [3.05, 3.63) is 35.4 Å². The Labute approximate surface area is 111 Å². The lowest BCUT2D eigenvalue weighted by Gasteiger charge is -2.18. The predicted molar refractivity (Wildman–Crippen MR) is 75.5 cm³/mol. The van der Waals surface area contributed by atoms with Crippen LogP contribution in [0.15, 0.2) is 24.3 Å².